The predicted molar refractivity (Wildman–Crippen MR) is 79.4 cm³/mol. The highest BCUT2D eigenvalue weighted by atomic mass is 32.2. The molecule has 0 radical (unpaired) electrons. The number of hydrogen-bond acceptors (Lipinski definition) is 3. The number of nitrogens with one attached hydrogen (secondary N) is 1. The Morgan fingerprint density at radius 2 is 1.90 bits per heavy atom. The van der Waals surface area contributed by atoms with Gasteiger partial charge in [0.25, 0.3) is 0 Å². The average molecular weight is 295 g/mol. The van der Waals surface area contributed by atoms with Gasteiger partial charge in [-0.2, -0.15) is 0 Å². The fraction of sp³-hybridized carbons (Fsp3) is 0.533. The molecule has 1 saturated carbocycles. The van der Waals surface area contributed by atoms with Gasteiger partial charge < -0.3 is 10.4 Å². The van der Waals surface area contributed by atoms with E-state index < -0.39 is 10.8 Å². The first-order chi connectivity index (χ1) is 9.67. The quantitative estimate of drug-likeness (QED) is 0.798. The molecule has 110 valence electrons. The lowest BCUT2D eigenvalue weighted by molar-refractivity contribution is -0.118. The minimum atomic E-state index is -1.18. The van der Waals surface area contributed by atoms with Gasteiger partial charge >= 0.3 is 0 Å². The van der Waals surface area contributed by atoms with E-state index in [1.54, 1.807) is 0 Å². The van der Waals surface area contributed by atoms with Crippen LogP contribution in [0.25, 0.3) is 0 Å². The van der Waals surface area contributed by atoms with E-state index in [4.69, 9.17) is 5.11 Å². The Hall–Kier alpha value is -1.20. The first-order valence-corrected chi connectivity index (χ1v) is 8.46. The lowest BCUT2D eigenvalue weighted by atomic mass is 9.85. The number of carbonyl (C=O) groups excluding carboxylic acids is 1. The van der Waals surface area contributed by atoms with Crippen molar-refractivity contribution >= 4 is 16.7 Å². The molecule has 1 amide bonds. The zero-order chi connectivity index (χ0) is 14.4. The fourth-order valence-corrected chi connectivity index (χ4v) is 3.19. The number of carbonyl (C=O) groups is 1. The van der Waals surface area contributed by atoms with Crippen LogP contribution in [-0.4, -0.2) is 27.5 Å². The largest absolute Gasteiger partial charge is 0.392 e. The van der Waals surface area contributed by atoms with Crippen LogP contribution in [0.5, 0.6) is 0 Å². The van der Waals surface area contributed by atoms with E-state index in [9.17, 15) is 9.00 Å². The van der Waals surface area contributed by atoms with Crippen LogP contribution >= 0.6 is 0 Å². The van der Waals surface area contributed by atoms with Crippen molar-refractivity contribution in [1.82, 2.24) is 5.32 Å². The number of aliphatic hydroxyl groups is 1. The van der Waals surface area contributed by atoms with Crippen LogP contribution in [0.15, 0.2) is 24.3 Å². The third-order valence-corrected chi connectivity index (χ3v) is 4.88. The van der Waals surface area contributed by atoms with Crippen molar-refractivity contribution in [3.8, 4) is 0 Å². The average Bonchev–Trinajstić information content (AvgIpc) is 2.37. The molecule has 0 aliphatic heterocycles. The maximum absolute atomic E-state index is 11.9. The monoisotopic (exact) mass is 295 g/mol. The van der Waals surface area contributed by atoms with Gasteiger partial charge in [0.1, 0.15) is 5.75 Å². The summed E-state index contributed by atoms with van der Waals surface area (Å²) in [5.41, 5.74) is 1.75. The van der Waals surface area contributed by atoms with E-state index in [2.05, 4.69) is 5.32 Å². The van der Waals surface area contributed by atoms with Crippen molar-refractivity contribution in [1.29, 1.82) is 0 Å². The van der Waals surface area contributed by atoms with Gasteiger partial charge in [0, 0.05) is 23.1 Å². The molecule has 1 aliphatic carbocycles. The van der Waals surface area contributed by atoms with Crippen molar-refractivity contribution in [2.24, 2.45) is 5.92 Å². The van der Waals surface area contributed by atoms with Crippen molar-refractivity contribution in [3.63, 3.8) is 0 Å². The molecule has 2 N–H and O–H groups in total. The van der Waals surface area contributed by atoms with Crippen LogP contribution in [0.1, 0.15) is 30.4 Å². The Labute approximate surface area is 122 Å². The van der Waals surface area contributed by atoms with Gasteiger partial charge in [-0.15, -0.1) is 0 Å². The summed E-state index contributed by atoms with van der Waals surface area (Å²) in [6, 6.07) is 7.30. The molecule has 4 nitrogen and oxygen atoms in total. The summed E-state index contributed by atoms with van der Waals surface area (Å²) >= 11 is 0. The number of amides is 1. The standard InChI is InChI=1S/C15H21NO3S/c17-9-13-4-6-14(7-5-13)10-20(19)11-15(18)16-8-12-2-1-3-12/h4-7,12,17H,1-3,8-11H2,(H,16,18). The number of rotatable bonds is 7. The molecular formula is C15H21NO3S. The van der Waals surface area contributed by atoms with E-state index in [1.165, 1.54) is 19.3 Å². The van der Waals surface area contributed by atoms with Crippen molar-refractivity contribution < 1.29 is 14.1 Å². The maximum Gasteiger partial charge on any atom is 0.232 e. The third kappa shape index (κ3) is 4.72. The van der Waals surface area contributed by atoms with E-state index in [0.717, 1.165) is 17.7 Å². The minimum Gasteiger partial charge on any atom is -0.392 e. The molecule has 5 heteroatoms. The highest BCUT2D eigenvalue weighted by molar-refractivity contribution is 7.84. The van der Waals surface area contributed by atoms with Crippen LogP contribution in [-0.2, 0) is 28.0 Å². The molecule has 0 spiro atoms. The van der Waals surface area contributed by atoms with Gasteiger partial charge in [-0.25, -0.2) is 0 Å². The van der Waals surface area contributed by atoms with E-state index >= 15 is 0 Å². The molecule has 1 unspecified atom stereocenters. The second-order valence-electron chi connectivity index (χ2n) is 5.30. The van der Waals surface area contributed by atoms with Gasteiger partial charge in [-0.3, -0.25) is 9.00 Å². The second kappa shape index (κ2) is 7.55. The maximum atomic E-state index is 11.9. The SMILES string of the molecule is O=C(CS(=O)Cc1ccc(CO)cc1)NCC1CCC1. The summed E-state index contributed by atoms with van der Waals surface area (Å²) < 4.78 is 11.9. The topological polar surface area (TPSA) is 66.4 Å². The Kier molecular flexibility index (Phi) is 5.73. The first kappa shape index (κ1) is 15.2. The first-order valence-electron chi connectivity index (χ1n) is 6.97. The van der Waals surface area contributed by atoms with Crippen molar-refractivity contribution in [2.45, 2.75) is 31.6 Å². The Balaban J connectivity index is 1.71. The third-order valence-electron chi connectivity index (χ3n) is 3.64. The minimum absolute atomic E-state index is 0.00689. The van der Waals surface area contributed by atoms with Gasteiger partial charge in [0.2, 0.25) is 5.91 Å². The number of hydrogen-bond donors (Lipinski definition) is 2. The summed E-state index contributed by atoms with van der Waals surface area (Å²) in [7, 11) is -1.18. The zero-order valence-electron chi connectivity index (χ0n) is 11.5. The van der Waals surface area contributed by atoms with Crippen LogP contribution in [0.2, 0.25) is 0 Å². The molecule has 20 heavy (non-hydrogen) atoms. The number of benzene rings is 1. The lowest BCUT2D eigenvalue weighted by Gasteiger charge is -2.25. The molecule has 0 aromatic heterocycles. The molecule has 1 fully saturated rings. The Bertz CT molecular complexity index is 469. The smallest absolute Gasteiger partial charge is 0.232 e. The Morgan fingerprint density at radius 1 is 1.25 bits per heavy atom. The summed E-state index contributed by atoms with van der Waals surface area (Å²) in [5, 5.41) is 11.8. The molecular weight excluding hydrogens is 274 g/mol. The highest BCUT2D eigenvalue weighted by Crippen LogP contribution is 2.25. The van der Waals surface area contributed by atoms with Crippen molar-refractivity contribution in [3.05, 3.63) is 35.4 Å². The normalized spacial score (nSPS) is 16.4. The molecule has 0 saturated heterocycles. The molecule has 1 aliphatic rings. The van der Waals surface area contributed by atoms with E-state index in [1.807, 2.05) is 24.3 Å². The predicted octanol–water partition coefficient (Wildman–Crippen LogP) is 1.34. The molecule has 0 heterocycles. The van der Waals surface area contributed by atoms with E-state index in [-0.39, 0.29) is 18.3 Å². The van der Waals surface area contributed by atoms with Gasteiger partial charge in [-0.1, -0.05) is 30.7 Å². The summed E-state index contributed by atoms with van der Waals surface area (Å²) in [5.74, 6) is 0.942. The van der Waals surface area contributed by atoms with Gasteiger partial charge in [-0.05, 0) is 29.9 Å². The second-order valence-corrected chi connectivity index (χ2v) is 6.76. The summed E-state index contributed by atoms with van der Waals surface area (Å²) in [6.07, 6.45) is 3.65. The fourth-order valence-electron chi connectivity index (χ4n) is 2.13. The molecule has 1 atom stereocenters. The Morgan fingerprint density at radius 3 is 2.45 bits per heavy atom. The van der Waals surface area contributed by atoms with E-state index in [0.29, 0.717) is 11.7 Å². The van der Waals surface area contributed by atoms with Gasteiger partial charge in [0.05, 0.1) is 6.61 Å². The number of aliphatic hydroxyl groups excluding tert-OH is 1. The highest BCUT2D eigenvalue weighted by Gasteiger charge is 2.18. The van der Waals surface area contributed by atoms with Crippen LogP contribution in [0, 0.1) is 5.92 Å². The summed E-state index contributed by atoms with van der Waals surface area (Å²) in [6.45, 7) is 0.730. The van der Waals surface area contributed by atoms with Gasteiger partial charge in [0.15, 0.2) is 0 Å². The molecule has 0 bridgehead atoms. The van der Waals surface area contributed by atoms with Crippen molar-refractivity contribution in [2.75, 3.05) is 12.3 Å². The van der Waals surface area contributed by atoms with Crippen LogP contribution < -0.4 is 5.32 Å². The molecule has 1 aromatic carbocycles. The van der Waals surface area contributed by atoms with Crippen LogP contribution in [0.3, 0.4) is 0 Å². The molecule has 1 aromatic rings. The van der Waals surface area contributed by atoms with Crippen LogP contribution in [0.4, 0.5) is 0 Å². The summed E-state index contributed by atoms with van der Waals surface area (Å²) in [4.78, 5) is 11.7. The lowest BCUT2D eigenvalue weighted by Crippen LogP contribution is -2.35. The zero-order valence-corrected chi connectivity index (χ0v) is 12.3. The molecule has 2 rings (SSSR count).